The van der Waals surface area contributed by atoms with E-state index in [0.29, 0.717) is 48.7 Å². The van der Waals surface area contributed by atoms with Crippen molar-refractivity contribution in [3.05, 3.63) is 63.7 Å². The lowest BCUT2D eigenvalue weighted by molar-refractivity contribution is 0.0694. The van der Waals surface area contributed by atoms with Crippen molar-refractivity contribution in [3.8, 4) is 5.75 Å². The molecule has 0 spiro atoms. The number of pyridine rings is 1. The van der Waals surface area contributed by atoms with Crippen LogP contribution in [0.15, 0.2) is 41.3 Å². The van der Waals surface area contributed by atoms with Gasteiger partial charge in [-0.05, 0) is 54.6 Å². The van der Waals surface area contributed by atoms with Crippen molar-refractivity contribution in [3.63, 3.8) is 0 Å². The number of carboxylic acids is 1. The molecule has 1 saturated carbocycles. The van der Waals surface area contributed by atoms with Gasteiger partial charge in [0.2, 0.25) is 5.43 Å². The standard InChI is InChI=1S/C28H32BFN4O6/c30-23-13-20-24(34(17-2-3-17)16-21(27(20)35)28(36)37)14-25(23)33-9-7-32(8-10-33)6-1-11-39-18-4-5-19-22(12-18)29(38)40-26(19)15-31/h4-5,12-14,16-17,26,38H,1-3,6-11,15,31H2,(H,36,37). The van der Waals surface area contributed by atoms with Crippen molar-refractivity contribution in [2.45, 2.75) is 31.4 Å². The second-order valence-electron chi connectivity index (χ2n) is 10.7. The van der Waals surface area contributed by atoms with Crippen LogP contribution < -0.4 is 26.3 Å². The van der Waals surface area contributed by atoms with Crippen LogP contribution in [-0.2, 0) is 4.65 Å². The lowest BCUT2D eigenvalue weighted by atomic mass is 9.79. The second-order valence-corrected chi connectivity index (χ2v) is 10.7. The topological polar surface area (TPSA) is 130 Å². The molecule has 12 heteroatoms. The molecule has 2 aromatic carbocycles. The molecule has 10 nitrogen and oxygen atoms in total. The molecule has 1 atom stereocenters. The minimum atomic E-state index is -1.30. The Balaban J connectivity index is 1.06. The van der Waals surface area contributed by atoms with E-state index in [9.17, 15) is 19.7 Å². The molecule has 6 rings (SSSR count). The minimum Gasteiger partial charge on any atom is -0.494 e. The van der Waals surface area contributed by atoms with E-state index in [4.69, 9.17) is 15.1 Å². The number of carbonyl (C=O) groups is 1. The lowest BCUT2D eigenvalue weighted by Crippen LogP contribution is -2.47. The number of hydrogen-bond donors (Lipinski definition) is 3. The molecule has 2 aliphatic heterocycles. The SMILES string of the molecule is NCC1OB(O)c2cc(OCCCN3CCN(c4cc5c(cc4F)c(=O)c(C(=O)O)cn5C4CC4)CC3)ccc21. The molecule has 0 radical (unpaired) electrons. The van der Waals surface area contributed by atoms with Gasteiger partial charge in [0.1, 0.15) is 17.1 Å². The van der Waals surface area contributed by atoms with E-state index in [1.54, 1.807) is 12.1 Å². The van der Waals surface area contributed by atoms with Crippen LogP contribution in [0, 0.1) is 5.82 Å². The van der Waals surface area contributed by atoms with Crippen LogP contribution in [0.1, 0.15) is 47.3 Å². The van der Waals surface area contributed by atoms with Crippen molar-refractivity contribution in [1.82, 2.24) is 9.47 Å². The molecule has 1 saturated heterocycles. The number of benzene rings is 2. The maximum Gasteiger partial charge on any atom is 0.492 e. The molecule has 2 fully saturated rings. The zero-order valence-corrected chi connectivity index (χ0v) is 22.1. The van der Waals surface area contributed by atoms with Crippen LogP contribution in [0.4, 0.5) is 10.1 Å². The van der Waals surface area contributed by atoms with E-state index in [1.807, 2.05) is 21.6 Å². The summed E-state index contributed by atoms with van der Waals surface area (Å²) in [5.74, 6) is -1.14. The zero-order chi connectivity index (χ0) is 28.0. The smallest absolute Gasteiger partial charge is 0.492 e. The minimum absolute atomic E-state index is 0.108. The summed E-state index contributed by atoms with van der Waals surface area (Å²) in [5.41, 5.74) is 7.33. The maximum atomic E-state index is 15.2. The van der Waals surface area contributed by atoms with Crippen LogP contribution in [0.2, 0.25) is 0 Å². The molecule has 210 valence electrons. The van der Waals surface area contributed by atoms with Crippen molar-refractivity contribution in [2.24, 2.45) is 5.73 Å². The molecule has 1 unspecified atom stereocenters. The third-order valence-corrected chi connectivity index (χ3v) is 8.05. The van der Waals surface area contributed by atoms with Crippen LogP contribution in [0.3, 0.4) is 0 Å². The Morgan fingerprint density at radius 3 is 2.65 bits per heavy atom. The lowest BCUT2D eigenvalue weighted by Gasteiger charge is -2.36. The molecule has 1 aromatic heterocycles. The first-order valence-corrected chi connectivity index (χ1v) is 13.7. The normalized spacial score (nSPS) is 19.3. The largest absolute Gasteiger partial charge is 0.494 e. The van der Waals surface area contributed by atoms with E-state index in [1.165, 1.54) is 12.3 Å². The van der Waals surface area contributed by atoms with Gasteiger partial charge in [-0.15, -0.1) is 0 Å². The van der Waals surface area contributed by atoms with E-state index in [2.05, 4.69) is 4.90 Å². The maximum absolute atomic E-state index is 15.2. The number of nitrogens with zero attached hydrogens (tertiary/aromatic N) is 3. The highest BCUT2D eigenvalue weighted by molar-refractivity contribution is 6.61. The average Bonchev–Trinajstić information content (AvgIpc) is 3.75. The van der Waals surface area contributed by atoms with Crippen molar-refractivity contribution >= 4 is 35.1 Å². The summed E-state index contributed by atoms with van der Waals surface area (Å²) in [6.07, 6.45) is 3.73. The van der Waals surface area contributed by atoms with Gasteiger partial charge in [-0.3, -0.25) is 9.69 Å². The number of anilines is 1. The van der Waals surface area contributed by atoms with Crippen LogP contribution in [0.25, 0.3) is 10.9 Å². The summed E-state index contributed by atoms with van der Waals surface area (Å²) >= 11 is 0. The Morgan fingerprint density at radius 1 is 1.18 bits per heavy atom. The highest BCUT2D eigenvalue weighted by atomic mass is 19.1. The number of ether oxygens (including phenoxy) is 1. The van der Waals surface area contributed by atoms with Gasteiger partial charge < -0.3 is 34.7 Å². The highest BCUT2D eigenvalue weighted by Gasteiger charge is 2.34. The quantitative estimate of drug-likeness (QED) is 0.268. The van der Waals surface area contributed by atoms with Gasteiger partial charge in [-0.25, -0.2) is 9.18 Å². The monoisotopic (exact) mass is 550 g/mol. The molecule has 3 heterocycles. The fourth-order valence-electron chi connectivity index (χ4n) is 5.73. The van der Waals surface area contributed by atoms with Crippen molar-refractivity contribution in [1.29, 1.82) is 0 Å². The van der Waals surface area contributed by atoms with E-state index >= 15 is 4.39 Å². The first-order valence-electron chi connectivity index (χ1n) is 13.7. The summed E-state index contributed by atoms with van der Waals surface area (Å²) in [6.45, 7) is 4.44. The third kappa shape index (κ3) is 5.08. The number of halogens is 1. The van der Waals surface area contributed by atoms with Crippen LogP contribution in [0.5, 0.6) is 5.75 Å². The number of fused-ring (bicyclic) bond motifs is 2. The first kappa shape index (κ1) is 26.8. The van der Waals surface area contributed by atoms with Gasteiger partial charge in [0.15, 0.2) is 0 Å². The van der Waals surface area contributed by atoms with Gasteiger partial charge >= 0.3 is 13.1 Å². The Kier molecular flexibility index (Phi) is 7.26. The van der Waals surface area contributed by atoms with Crippen molar-refractivity contribution in [2.75, 3.05) is 50.8 Å². The Morgan fingerprint density at radius 2 is 1.95 bits per heavy atom. The van der Waals surface area contributed by atoms with Crippen LogP contribution >= 0.6 is 0 Å². The molecule has 40 heavy (non-hydrogen) atoms. The number of carboxylic acid groups (broad SMARTS) is 1. The zero-order valence-electron chi connectivity index (χ0n) is 22.1. The molecule has 0 bridgehead atoms. The fourth-order valence-corrected chi connectivity index (χ4v) is 5.73. The molecule has 4 N–H and O–H groups in total. The Labute approximate surface area is 230 Å². The van der Waals surface area contributed by atoms with E-state index in [-0.39, 0.29) is 23.1 Å². The Hall–Kier alpha value is -3.45. The molecule has 1 aliphatic carbocycles. The molecular weight excluding hydrogens is 518 g/mol. The van der Waals surface area contributed by atoms with Gasteiger partial charge in [0, 0.05) is 56.9 Å². The molecule has 3 aliphatic rings. The molecular formula is C28H32BFN4O6. The van der Waals surface area contributed by atoms with Crippen LogP contribution in [-0.4, -0.2) is 78.6 Å². The van der Waals surface area contributed by atoms with E-state index in [0.717, 1.165) is 44.5 Å². The second kappa shape index (κ2) is 10.8. The predicted molar refractivity (Wildman–Crippen MR) is 149 cm³/mol. The average molecular weight is 550 g/mol. The number of aromatic carboxylic acids is 1. The molecule has 3 aromatic rings. The number of piperazine rings is 1. The first-order chi connectivity index (χ1) is 19.3. The number of nitrogens with two attached hydrogens (primary N) is 1. The number of hydrogen-bond acceptors (Lipinski definition) is 8. The van der Waals surface area contributed by atoms with Crippen molar-refractivity contribution < 1.29 is 28.7 Å². The predicted octanol–water partition coefficient (Wildman–Crippen LogP) is 1.48. The summed E-state index contributed by atoms with van der Waals surface area (Å²) in [6, 6.07) is 8.59. The summed E-state index contributed by atoms with van der Waals surface area (Å²) < 4.78 is 28.4. The number of rotatable bonds is 9. The highest BCUT2D eigenvalue weighted by Crippen LogP contribution is 2.38. The molecule has 0 amide bonds. The summed E-state index contributed by atoms with van der Waals surface area (Å²) in [7, 11) is -0.987. The third-order valence-electron chi connectivity index (χ3n) is 8.05. The fraction of sp³-hybridized carbons (Fsp3) is 0.429. The van der Waals surface area contributed by atoms with Gasteiger partial charge in [-0.2, -0.15) is 0 Å². The van der Waals surface area contributed by atoms with Gasteiger partial charge in [-0.1, -0.05) is 6.07 Å². The number of aromatic nitrogens is 1. The summed E-state index contributed by atoms with van der Waals surface area (Å²) in [4.78, 5) is 28.6. The van der Waals surface area contributed by atoms with E-state index < -0.39 is 24.3 Å². The van der Waals surface area contributed by atoms with Gasteiger partial charge in [0.25, 0.3) is 0 Å². The van der Waals surface area contributed by atoms with Gasteiger partial charge in [0.05, 0.1) is 23.9 Å². The Bertz CT molecular complexity index is 1500. The summed E-state index contributed by atoms with van der Waals surface area (Å²) in [5, 5.41) is 19.7.